The molecule has 2 N–H and O–H groups in total. The molecule has 0 heterocycles. The smallest absolute Gasteiger partial charge is 0.408 e. The summed E-state index contributed by atoms with van der Waals surface area (Å²) >= 11 is 0. The number of carboxylic acids is 1. The number of fused-ring (bicyclic) bond motifs is 1. The van der Waals surface area contributed by atoms with Gasteiger partial charge in [-0.1, -0.05) is 36.4 Å². The number of nitrogens with one attached hydrogen (secondary N) is 1. The molecule has 6 heteroatoms. The number of benzene rings is 2. The summed E-state index contributed by atoms with van der Waals surface area (Å²) in [6.07, 6.45) is 1.68. The maximum absolute atomic E-state index is 13.8. The van der Waals surface area contributed by atoms with Crippen molar-refractivity contribution in [3.05, 3.63) is 71.0 Å². The predicted molar refractivity (Wildman–Crippen MR) is 95.7 cm³/mol. The summed E-state index contributed by atoms with van der Waals surface area (Å²) in [5, 5.41) is 12.3. The number of aliphatic carboxylic acids is 1. The Morgan fingerprint density at radius 3 is 2.63 bits per heavy atom. The molecule has 0 aliphatic heterocycles. The van der Waals surface area contributed by atoms with Crippen LogP contribution in [0.1, 0.15) is 35.4 Å². The number of carboxylic acid groups (broad SMARTS) is 1. The molecule has 2 aromatic rings. The molecule has 140 valence electrons. The summed E-state index contributed by atoms with van der Waals surface area (Å²) < 4.78 is 19.0. The molecule has 1 spiro atoms. The van der Waals surface area contributed by atoms with Crippen molar-refractivity contribution in [3.8, 4) is 0 Å². The van der Waals surface area contributed by atoms with Crippen LogP contribution in [-0.2, 0) is 22.6 Å². The third-order valence-electron chi connectivity index (χ3n) is 5.62. The number of hydrogen-bond acceptors (Lipinski definition) is 3. The lowest BCUT2D eigenvalue weighted by Crippen LogP contribution is -2.46. The molecule has 0 bridgehead atoms. The molecule has 4 rings (SSSR count). The van der Waals surface area contributed by atoms with Gasteiger partial charge in [-0.25, -0.2) is 14.0 Å². The van der Waals surface area contributed by atoms with Gasteiger partial charge in [0.25, 0.3) is 0 Å². The molecular weight excluding hydrogens is 349 g/mol. The van der Waals surface area contributed by atoms with Gasteiger partial charge in [-0.15, -0.1) is 0 Å². The average molecular weight is 369 g/mol. The standard InChI is InChI=1S/C21H20FNO4/c22-15-7-6-14-11-21(8-9-21)17(16(14)10-15)18(19(24)25)23-20(26)27-12-13-4-2-1-3-5-13/h1-7,10,17-18H,8-9,11-12H2,(H,23,26)(H,24,25). The molecule has 1 fully saturated rings. The molecule has 1 saturated carbocycles. The first kappa shape index (κ1) is 17.5. The molecule has 5 nitrogen and oxygen atoms in total. The Morgan fingerprint density at radius 1 is 1.22 bits per heavy atom. The highest BCUT2D eigenvalue weighted by molar-refractivity contribution is 5.82. The molecule has 0 saturated heterocycles. The summed E-state index contributed by atoms with van der Waals surface area (Å²) in [6, 6.07) is 12.5. The predicted octanol–water partition coefficient (Wildman–Crippen LogP) is 3.63. The van der Waals surface area contributed by atoms with E-state index in [0.717, 1.165) is 30.4 Å². The van der Waals surface area contributed by atoms with Crippen molar-refractivity contribution in [1.82, 2.24) is 5.32 Å². The summed E-state index contributed by atoms with van der Waals surface area (Å²) in [5.74, 6) is -1.99. The molecule has 2 unspecified atom stereocenters. The van der Waals surface area contributed by atoms with Crippen LogP contribution < -0.4 is 5.32 Å². The monoisotopic (exact) mass is 369 g/mol. The summed E-state index contributed by atoms with van der Waals surface area (Å²) in [4.78, 5) is 24.2. The van der Waals surface area contributed by atoms with Gasteiger partial charge in [-0.2, -0.15) is 0 Å². The molecule has 0 radical (unpaired) electrons. The van der Waals surface area contributed by atoms with Crippen molar-refractivity contribution in [1.29, 1.82) is 0 Å². The van der Waals surface area contributed by atoms with Gasteiger partial charge in [0.2, 0.25) is 0 Å². The molecule has 0 aromatic heterocycles. The Bertz CT molecular complexity index is 879. The fraction of sp³-hybridized carbons (Fsp3) is 0.333. The van der Waals surface area contributed by atoms with Gasteiger partial charge in [-0.3, -0.25) is 0 Å². The van der Waals surface area contributed by atoms with Crippen LogP contribution in [0, 0.1) is 11.2 Å². The number of carbonyl (C=O) groups excluding carboxylic acids is 1. The minimum absolute atomic E-state index is 0.0556. The zero-order chi connectivity index (χ0) is 19.0. The first-order valence-corrected chi connectivity index (χ1v) is 8.97. The van der Waals surface area contributed by atoms with Crippen LogP contribution >= 0.6 is 0 Å². The van der Waals surface area contributed by atoms with Gasteiger partial charge in [-0.05, 0) is 53.5 Å². The largest absolute Gasteiger partial charge is 0.480 e. The van der Waals surface area contributed by atoms with Crippen LogP contribution in [0.2, 0.25) is 0 Å². The van der Waals surface area contributed by atoms with Gasteiger partial charge < -0.3 is 15.2 Å². The minimum atomic E-state index is -1.15. The fourth-order valence-electron chi connectivity index (χ4n) is 4.20. The van der Waals surface area contributed by atoms with Crippen LogP contribution in [0.4, 0.5) is 9.18 Å². The van der Waals surface area contributed by atoms with Crippen LogP contribution in [0.5, 0.6) is 0 Å². The highest BCUT2D eigenvalue weighted by atomic mass is 19.1. The van der Waals surface area contributed by atoms with Crippen molar-refractivity contribution in [3.63, 3.8) is 0 Å². The van der Waals surface area contributed by atoms with E-state index < -0.39 is 29.8 Å². The van der Waals surface area contributed by atoms with E-state index in [9.17, 15) is 19.1 Å². The lowest BCUT2D eigenvalue weighted by Gasteiger charge is -2.27. The molecule has 2 atom stereocenters. The van der Waals surface area contributed by atoms with Gasteiger partial charge >= 0.3 is 12.1 Å². The lowest BCUT2D eigenvalue weighted by atomic mass is 9.83. The average Bonchev–Trinajstić information content (AvgIpc) is 3.35. The van der Waals surface area contributed by atoms with Crippen molar-refractivity contribution in [2.24, 2.45) is 5.41 Å². The second kappa shape index (κ2) is 6.68. The Labute approximate surface area is 156 Å². The van der Waals surface area contributed by atoms with Crippen LogP contribution in [0.3, 0.4) is 0 Å². The van der Waals surface area contributed by atoms with Crippen molar-refractivity contribution in [2.45, 2.75) is 37.8 Å². The molecule has 27 heavy (non-hydrogen) atoms. The van der Waals surface area contributed by atoms with Gasteiger partial charge in [0.05, 0.1) is 0 Å². The van der Waals surface area contributed by atoms with Crippen molar-refractivity contribution >= 4 is 12.1 Å². The number of halogens is 1. The van der Waals surface area contributed by atoms with Gasteiger partial charge in [0.1, 0.15) is 18.5 Å². The number of carbonyl (C=O) groups is 2. The quantitative estimate of drug-likeness (QED) is 0.844. The highest BCUT2D eigenvalue weighted by Crippen LogP contribution is 2.64. The van der Waals surface area contributed by atoms with Crippen LogP contribution in [-0.4, -0.2) is 23.2 Å². The number of alkyl carbamates (subject to hydrolysis) is 1. The van der Waals surface area contributed by atoms with E-state index in [2.05, 4.69) is 5.32 Å². The molecule has 2 aromatic carbocycles. The second-order valence-corrected chi connectivity index (χ2v) is 7.38. The van der Waals surface area contributed by atoms with E-state index in [1.807, 2.05) is 30.3 Å². The zero-order valence-corrected chi connectivity index (χ0v) is 14.7. The van der Waals surface area contributed by atoms with E-state index in [1.54, 1.807) is 6.07 Å². The number of rotatable bonds is 5. The summed E-state index contributed by atoms with van der Waals surface area (Å²) in [5.41, 5.74) is 2.26. The number of hydrogen-bond donors (Lipinski definition) is 2. The molecule has 2 aliphatic rings. The van der Waals surface area contributed by atoms with Crippen molar-refractivity contribution < 1.29 is 23.8 Å². The SMILES string of the molecule is O=C(NC(C(=O)O)C1c2cc(F)ccc2CC12CC2)OCc1ccccc1. The highest BCUT2D eigenvalue weighted by Gasteiger charge is 2.58. The number of ether oxygens (including phenoxy) is 1. The zero-order valence-electron chi connectivity index (χ0n) is 14.7. The van der Waals surface area contributed by atoms with E-state index in [1.165, 1.54) is 12.1 Å². The molecule has 1 amide bonds. The Morgan fingerprint density at radius 2 is 1.96 bits per heavy atom. The van der Waals surface area contributed by atoms with E-state index in [0.29, 0.717) is 5.56 Å². The van der Waals surface area contributed by atoms with Crippen LogP contribution in [0.25, 0.3) is 0 Å². The summed E-state index contributed by atoms with van der Waals surface area (Å²) in [7, 11) is 0. The number of amides is 1. The maximum Gasteiger partial charge on any atom is 0.408 e. The fourth-order valence-corrected chi connectivity index (χ4v) is 4.20. The first-order valence-electron chi connectivity index (χ1n) is 8.97. The second-order valence-electron chi connectivity index (χ2n) is 7.38. The summed E-state index contributed by atoms with van der Waals surface area (Å²) in [6.45, 7) is 0.0556. The van der Waals surface area contributed by atoms with Crippen LogP contribution in [0.15, 0.2) is 48.5 Å². The molecule has 2 aliphatic carbocycles. The Kier molecular flexibility index (Phi) is 4.34. The first-order chi connectivity index (χ1) is 13.0. The van der Waals surface area contributed by atoms with Gasteiger partial charge in [0.15, 0.2) is 0 Å². The third-order valence-corrected chi connectivity index (χ3v) is 5.62. The third kappa shape index (κ3) is 3.39. The van der Waals surface area contributed by atoms with E-state index >= 15 is 0 Å². The maximum atomic E-state index is 13.8. The lowest BCUT2D eigenvalue weighted by molar-refractivity contribution is -0.140. The van der Waals surface area contributed by atoms with Crippen molar-refractivity contribution in [2.75, 3.05) is 0 Å². The van der Waals surface area contributed by atoms with Gasteiger partial charge in [0, 0.05) is 5.92 Å². The van der Waals surface area contributed by atoms with E-state index in [4.69, 9.17) is 4.74 Å². The Hall–Kier alpha value is -2.89. The van der Waals surface area contributed by atoms with E-state index in [-0.39, 0.29) is 12.0 Å². The minimum Gasteiger partial charge on any atom is -0.480 e. The Balaban J connectivity index is 1.52. The normalized spacial score (nSPS) is 20.0. The topological polar surface area (TPSA) is 75.6 Å². The molecular formula is C21H20FNO4.